The summed E-state index contributed by atoms with van der Waals surface area (Å²) in [5, 5.41) is 27.7. The predicted molar refractivity (Wildman–Crippen MR) is 260 cm³/mol. The van der Waals surface area contributed by atoms with Crippen molar-refractivity contribution in [1.29, 1.82) is 0 Å². The maximum Gasteiger partial charge on any atom is 0.358 e. The number of ether oxygens (including phenoxy) is 2. The van der Waals surface area contributed by atoms with Gasteiger partial charge in [-0.05, 0) is 59.3 Å². The molecule has 3 aliphatic heterocycles. The third-order valence-electron chi connectivity index (χ3n) is 14.6. The number of aliphatic carboxylic acids is 1. The van der Waals surface area contributed by atoms with Gasteiger partial charge in [0.1, 0.15) is 23.2 Å². The van der Waals surface area contributed by atoms with E-state index in [0.29, 0.717) is 69.7 Å². The second kappa shape index (κ2) is 26.1. The van der Waals surface area contributed by atoms with Gasteiger partial charge in [-0.3, -0.25) is 24.4 Å². The van der Waals surface area contributed by atoms with Gasteiger partial charge >= 0.3 is 17.9 Å². The Balaban J connectivity index is 0.000000182. The molecular weight excluding hydrogens is 917 g/mol. The van der Waals surface area contributed by atoms with Crippen LogP contribution in [0.5, 0.6) is 0 Å². The number of carbonyl (C=O) groups is 6. The Morgan fingerprint density at radius 3 is 1.34 bits per heavy atom. The van der Waals surface area contributed by atoms with E-state index in [1.54, 1.807) is 37.9 Å². The number of carboxylic acid groups (broad SMARTS) is 1. The Morgan fingerprint density at radius 2 is 0.958 bits per heavy atom. The standard InChI is InChI=1S/C17H25N3O3.C15H22N4O3.C9H13N3O2.C8H14O2.CH4O/c1-3-23-15(21)13-11-19-9-10-20(12-14(19)18-13)16(22)17(2)7-5-4-6-8-17;1-15(5-3-2-4-6-15)14(21)19-8-7-18-9-11(13(20)17-22)16-12(18)10-19;1-2-14-9(13)7-6-12-4-3-10-5-8(12)11-7;1-8(7(9)10)5-3-2-4-6-8;1-2/h11H,3-10,12H2,1-2H3;9,22H,2-8,10H2,1H3,(H,17,20);6,10H,2-5H2,1H3;2-6H2,1H3,(H,9,10);2H,1H3. The molecule has 394 valence electrons. The van der Waals surface area contributed by atoms with E-state index in [9.17, 15) is 28.8 Å². The van der Waals surface area contributed by atoms with Gasteiger partial charge in [-0.15, -0.1) is 0 Å². The summed E-state index contributed by atoms with van der Waals surface area (Å²) in [5.41, 5.74) is 1.62. The van der Waals surface area contributed by atoms with Crippen LogP contribution in [0.1, 0.15) is 180 Å². The van der Waals surface area contributed by atoms with Crippen LogP contribution in [-0.2, 0) is 63.1 Å². The number of rotatable bonds is 8. The van der Waals surface area contributed by atoms with Gasteiger partial charge in [0.25, 0.3) is 5.91 Å². The first-order valence-electron chi connectivity index (χ1n) is 25.5. The summed E-state index contributed by atoms with van der Waals surface area (Å²) in [5.74, 6) is 0.829. The fourth-order valence-corrected chi connectivity index (χ4v) is 10.2. The van der Waals surface area contributed by atoms with Crippen molar-refractivity contribution in [3.8, 4) is 0 Å². The summed E-state index contributed by atoms with van der Waals surface area (Å²) < 4.78 is 15.7. The number of esters is 2. The van der Waals surface area contributed by atoms with Crippen LogP contribution in [0.2, 0.25) is 0 Å². The van der Waals surface area contributed by atoms with E-state index < -0.39 is 23.3 Å². The Bertz CT molecular complexity index is 2240. The summed E-state index contributed by atoms with van der Waals surface area (Å²) in [6.45, 7) is 16.4. The monoisotopic (exact) mass is 995 g/mol. The third-order valence-corrected chi connectivity index (χ3v) is 14.6. The lowest BCUT2D eigenvalue weighted by Crippen LogP contribution is -2.46. The second-order valence-electron chi connectivity index (χ2n) is 19.9. The zero-order valence-electron chi connectivity index (χ0n) is 42.8. The highest BCUT2D eigenvalue weighted by atomic mass is 16.5. The number of nitrogens with one attached hydrogen (secondary N) is 2. The molecule has 3 aliphatic carbocycles. The second-order valence-corrected chi connectivity index (χ2v) is 19.9. The molecule has 0 aromatic carbocycles. The number of aliphatic hydroxyl groups excluding tert-OH is 1. The van der Waals surface area contributed by atoms with Crippen molar-refractivity contribution in [3.63, 3.8) is 0 Å². The number of carbonyl (C=O) groups excluding carboxylic acids is 5. The lowest BCUT2D eigenvalue weighted by molar-refractivity contribution is -0.149. The number of hydroxylamine groups is 1. The van der Waals surface area contributed by atoms with Gasteiger partial charge in [-0.25, -0.2) is 30.0 Å². The molecule has 0 radical (unpaired) electrons. The molecule has 71 heavy (non-hydrogen) atoms. The molecule has 0 atom stereocenters. The third kappa shape index (κ3) is 14.5. The highest BCUT2D eigenvalue weighted by Gasteiger charge is 2.40. The van der Waals surface area contributed by atoms with E-state index in [-0.39, 0.29) is 34.3 Å². The molecule has 0 unspecified atom stereocenters. The first kappa shape index (κ1) is 56.2. The minimum atomic E-state index is -0.626. The summed E-state index contributed by atoms with van der Waals surface area (Å²) in [7, 11) is 1.00. The minimum absolute atomic E-state index is 0.177. The number of hydrogen-bond donors (Lipinski definition) is 5. The number of aliphatic hydroxyl groups is 1. The molecule has 0 bridgehead atoms. The van der Waals surface area contributed by atoms with Gasteiger partial charge in [-0.1, -0.05) is 71.6 Å². The number of fused-ring (bicyclic) bond motifs is 3. The van der Waals surface area contributed by atoms with Crippen molar-refractivity contribution in [2.75, 3.05) is 40.0 Å². The zero-order valence-corrected chi connectivity index (χ0v) is 42.8. The summed E-state index contributed by atoms with van der Waals surface area (Å²) in [6.07, 6.45) is 21.0. The van der Waals surface area contributed by atoms with Crippen LogP contribution in [0.4, 0.5) is 0 Å². The Morgan fingerprint density at radius 1 is 0.577 bits per heavy atom. The van der Waals surface area contributed by atoms with E-state index in [1.807, 2.05) is 30.4 Å². The fourth-order valence-electron chi connectivity index (χ4n) is 10.2. The van der Waals surface area contributed by atoms with Gasteiger partial charge in [0, 0.05) is 75.8 Å². The van der Waals surface area contributed by atoms with E-state index in [2.05, 4.69) is 34.1 Å². The lowest BCUT2D eigenvalue weighted by atomic mass is 9.74. The predicted octanol–water partition coefficient (Wildman–Crippen LogP) is 5.50. The molecule has 21 nitrogen and oxygen atoms in total. The van der Waals surface area contributed by atoms with Crippen molar-refractivity contribution >= 4 is 35.6 Å². The largest absolute Gasteiger partial charge is 0.481 e. The van der Waals surface area contributed by atoms with Crippen molar-refractivity contribution in [2.45, 2.75) is 170 Å². The molecule has 0 spiro atoms. The topological polar surface area (TPSA) is 266 Å². The van der Waals surface area contributed by atoms with Crippen molar-refractivity contribution in [1.82, 2.24) is 49.2 Å². The van der Waals surface area contributed by atoms with E-state index in [4.69, 9.17) is 24.9 Å². The SMILES string of the molecule is CC1(C(=O)N2CCn3cc(C(=O)NO)nc3C2)CCCCC1.CC1(C(=O)O)CCCCC1.CCOC(=O)c1cn2c(n1)CN(C(=O)C1(C)CCCCC1)CC2.CCOC(=O)c1cn2c(n1)CNCC2.CO. The molecule has 21 heteroatoms. The van der Waals surface area contributed by atoms with Crippen LogP contribution >= 0.6 is 0 Å². The van der Waals surface area contributed by atoms with Crippen molar-refractivity contribution < 1.29 is 53.7 Å². The number of carboxylic acids is 1. The average molecular weight is 995 g/mol. The normalized spacial score (nSPS) is 19.2. The molecule has 5 N–H and O–H groups in total. The molecule has 3 amide bonds. The van der Waals surface area contributed by atoms with Crippen LogP contribution in [-0.4, -0.2) is 129 Å². The molecule has 0 saturated heterocycles. The zero-order chi connectivity index (χ0) is 51.8. The van der Waals surface area contributed by atoms with Gasteiger partial charge in [0.2, 0.25) is 11.8 Å². The number of aromatic nitrogens is 6. The van der Waals surface area contributed by atoms with Crippen LogP contribution in [0.25, 0.3) is 0 Å². The maximum absolute atomic E-state index is 12.9. The highest BCUT2D eigenvalue weighted by Crippen LogP contribution is 2.40. The van der Waals surface area contributed by atoms with Gasteiger partial charge in [0.05, 0.1) is 38.3 Å². The number of hydrogen-bond acceptors (Lipinski definition) is 14. The van der Waals surface area contributed by atoms with E-state index in [0.717, 1.165) is 115 Å². The average Bonchev–Trinajstić information content (AvgIpc) is 4.15. The molecule has 3 fully saturated rings. The Hall–Kier alpha value is -5.67. The fraction of sp³-hybridized carbons (Fsp3) is 0.700. The van der Waals surface area contributed by atoms with Crippen LogP contribution in [0.15, 0.2) is 18.6 Å². The Labute approximate surface area is 417 Å². The quantitative estimate of drug-likeness (QED) is 0.106. The van der Waals surface area contributed by atoms with Crippen LogP contribution in [0.3, 0.4) is 0 Å². The first-order valence-corrected chi connectivity index (χ1v) is 25.5. The molecule has 3 aromatic rings. The highest BCUT2D eigenvalue weighted by molar-refractivity contribution is 5.91. The van der Waals surface area contributed by atoms with Gasteiger partial charge in [0.15, 0.2) is 11.4 Å². The summed E-state index contributed by atoms with van der Waals surface area (Å²) in [6, 6.07) is 0. The molecular formula is C50H78N10O11. The Kier molecular flexibility index (Phi) is 20.7. The number of amides is 3. The van der Waals surface area contributed by atoms with Crippen LogP contribution in [0, 0.1) is 16.2 Å². The van der Waals surface area contributed by atoms with Crippen molar-refractivity contribution in [3.05, 3.63) is 53.1 Å². The molecule has 9 rings (SSSR count). The first-order chi connectivity index (χ1) is 34.0. The summed E-state index contributed by atoms with van der Waals surface area (Å²) in [4.78, 5) is 87.6. The maximum atomic E-state index is 12.9. The minimum Gasteiger partial charge on any atom is -0.481 e. The van der Waals surface area contributed by atoms with E-state index >= 15 is 0 Å². The van der Waals surface area contributed by atoms with E-state index in [1.165, 1.54) is 19.3 Å². The smallest absolute Gasteiger partial charge is 0.358 e. The molecule has 3 aromatic heterocycles. The molecule has 6 aliphatic rings. The lowest BCUT2D eigenvalue weighted by Gasteiger charge is -2.38. The molecule has 3 saturated carbocycles. The van der Waals surface area contributed by atoms with Crippen LogP contribution < -0.4 is 10.8 Å². The molecule has 6 heterocycles. The van der Waals surface area contributed by atoms with Gasteiger partial charge in [-0.2, -0.15) is 0 Å². The van der Waals surface area contributed by atoms with Gasteiger partial charge < -0.3 is 48.5 Å². The number of imidazole rings is 3. The summed E-state index contributed by atoms with van der Waals surface area (Å²) >= 11 is 0. The number of nitrogens with zero attached hydrogens (tertiary/aromatic N) is 8. The van der Waals surface area contributed by atoms with Crippen molar-refractivity contribution in [2.24, 2.45) is 16.2 Å².